The summed E-state index contributed by atoms with van der Waals surface area (Å²) in [5.74, 6) is 6.25. The smallest absolute Gasteiger partial charge is 0.0594 e. The lowest BCUT2D eigenvalue weighted by Gasteiger charge is -2.26. The van der Waals surface area contributed by atoms with Crippen molar-refractivity contribution in [3.05, 3.63) is 35.2 Å². The van der Waals surface area contributed by atoms with E-state index in [0.717, 1.165) is 13.0 Å². The third-order valence-electron chi connectivity index (χ3n) is 3.89. The summed E-state index contributed by atoms with van der Waals surface area (Å²) < 4.78 is 7.00. The van der Waals surface area contributed by atoms with Crippen LogP contribution >= 0.6 is 11.3 Å². The van der Waals surface area contributed by atoms with Crippen molar-refractivity contribution in [3.8, 4) is 0 Å². The van der Waals surface area contributed by atoms with Gasteiger partial charge in [-0.3, -0.25) is 11.3 Å². The first-order valence-corrected chi connectivity index (χ1v) is 7.23. The van der Waals surface area contributed by atoms with Crippen molar-refractivity contribution in [1.82, 2.24) is 5.43 Å². The van der Waals surface area contributed by atoms with Crippen LogP contribution in [0.25, 0.3) is 10.1 Å². The number of nitrogens with one attached hydrogen (secondary N) is 1. The lowest BCUT2D eigenvalue weighted by Crippen LogP contribution is -2.36. The number of nitrogens with two attached hydrogens (primary N) is 1. The van der Waals surface area contributed by atoms with E-state index in [-0.39, 0.29) is 12.1 Å². The Morgan fingerprint density at radius 1 is 1.44 bits per heavy atom. The van der Waals surface area contributed by atoms with Crippen LogP contribution in [-0.2, 0) is 4.74 Å². The van der Waals surface area contributed by atoms with Crippen LogP contribution in [-0.4, -0.2) is 12.7 Å². The second-order valence-electron chi connectivity index (χ2n) is 4.86. The first-order valence-electron chi connectivity index (χ1n) is 6.35. The summed E-state index contributed by atoms with van der Waals surface area (Å²) in [6, 6.07) is 8.76. The van der Waals surface area contributed by atoms with Crippen molar-refractivity contribution in [2.24, 2.45) is 11.8 Å². The summed E-state index contributed by atoms with van der Waals surface area (Å²) in [5, 5.41) is 3.43. The van der Waals surface area contributed by atoms with E-state index in [9.17, 15) is 0 Å². The number of thiophene rings is 1. The molecule has 3 nitrogen and oxygen atoms in total. The first-order chi connectivity index (χ1) is 8.81. The monoisotopic (exact) mass is 262 g/mol. The quantitative estimate of drug-likeness (QED) is 0.660. The largest absolute Gasteiger partial charge is 0.378 e. The highest BCUT2D eigenvalue weighted by molar-refractivity contribution is 7.17. The van der Waals surface area contributed by atoms with Crippen LogP contribution in [0.5, 0.6) is 0 Å². The molecule has 1 aromatic carbocycles. The van der Waals surface area contributed by atoms with Crippen LogP contribution in [0.1, 0.15) is 24.9 Å². The topological polar surface area (TPSA) is 47.3 Å². The molecule has 2 heterocycles. The van der Waals surface area contributed by atoms with Crippen LogP contribution in [0.4, 0.5) is 0 Å². The molecule has 0 spiro atoms. The van der Waals surface area contributed by atoms with Gasteiger partial charge in [0.2, 0.25) is 0 Å². The van der Waals surface area contributed by atoms with E-state index in [1.807, 2.05) is 0 Å². The van der Waals surface area contributed by atoms with Gasteiger partial charge in [-0.1, -0.05) is 18.2 Å². The Bertz CT molecular complexity index is 539. The molecule has 3 unspecified atom stereocenters. The Labute approximate surface area is 111 Å². The summed E-state index contributed by atoms with van der Waals surface area (Å²) in [5.41, 5.74) is 4.30. The number of fused-ring (bicyclic) bond motifs is 1. The fourth-order valence-electron chi connectivity index (χ4n) is 2.89. The molecule has 3 atom stereocenters. The van der Waals surface area contributed by atoms with Crippen LogP contribution in [0.15, 0.2) is 29.6 Å². The maximum absolute atomic E-state index is 5.81. The van der Waals surface area contributed by atoms with E-state index in [0.29, 0.717) is 5.92 Å². The molecule has 0 aliphatic carbocycles. The molecule has 96 valence electrons. The maximum atomic E-state index is 5.81. The molecule has 0 radical (unpaired) electrons. The zero-order valence-corrected chi connectivity index (χ0v) is 11.2. The lowest BCUT2D eigenvalue weighted by molar-refractivity contribution is 0.0955. The van der Waals surface area contributed by atoms with Gasteiger partial charge in [0, 0.05) is 17.2 Å². The first kappa shape index (κ1) is 12.1. The summed E-state index contributed by atoms with van der Waals surface area (Å²) >= 11 is 1.78. The minimum absolute atomic E-state index is 0.171. The number of benzene rings is 1. The molecule has 1 aliphatic heterocycles. The van der Waals surface area contributed by atoms with Crippen molar-refractivity contribution in [2.45, 2.75) is 25.5 Å². The normalized spacial score (nSPS) is 25.7. The van der Waals surface area contributed by atoms with Gasteiger partial charge in [-0.15, -0.1) is 11.3 Å². The number of hydrazine groups is 1. The highest BCUT2D eigenvalue weighted by Crippen LogP contribution is 2.37. The van der Waals surface area contributed by atoms with Gasteiger partial charge in [-0.25, -0.2) is 0 Å². The fourth-order valence-corrected chi connectivity index (χ4v) is 3.85. The van der Waals surface area contributed by atoms with E-state index in [1.54, 1.807) is 11.3 Å². The predicted octanol–water partition coefficient (Wildman–Crippen LogP) is 2.83. The summed E-state index contributed by atoms with van der Waals surface area (Å²) in [6.45, 7) is 2.97. The van der Waals surface area contributed by atoms with Gasteiger partial charge in [0.05, 0.1) is 12.1 Å². The fraction of sp³-hybridized carbons (Fsp3) is 0.429. The molecule has 1 saturated heterocycles. The van der Waals surface area contributed by atoms with Crippen LogP contribution in [0.3, 0.4) is 0 Å². The Morgan fingerprint density at radius 3 is 3.06 bits per heavy atom. The number of ether oxygens (including phenoxy) is 1. The molecule has 0 amide bonds. The van der Waals surface area contributed by atoms with E-state index < -0.39 is 0 Å². The van der Waals surface area contributed by atoms with Gasteiger partial charge >= 0.3 is 0 Å². The Hall–Kier alpha value is -0.940. The van der Waals surface area contributed by atoms with Gasteiger partial charge < -0.3 is 4.74 Å². The van der Waals surface area contributed by atoms with Crippen molar-refractivity contribution < 1.29 is 4.74 Å². The highest BCUT2D eigenvalue weighted by Gasteiger charge is 2.33. The second kappa shape index (κ2) is 4.97. The van der Waals surface area contributed by atoms with Gasteiger partial charge in [0.15, 0.2) is 0 Å². The molecule has 18 heavy (non-hydrogen) atoms. The summed E-state index contributed by atoms with van der Waals surface area (Å²) in [6.07, 6.45) is 1.33. The SMILES string of the molecule is CC1OCCC1C(NN)c1cccc2ccsc12. The summed E-state index contributed by atoms with van der Waals surface area (Å²) in [4.78, 5) is 0. The van der Waals surface area contributed by atoms with Crippen LogP contribution in [0, 0.1) is 5.92 Å². The Morgan fingerprint density at radius 2 is 2.33 bits per heavy atom. The minimum Gasteiger partial charge on any atom is -0.378 e. The maximum Gasteiger partial charge on any atom is 0.0594 e. The molecular weight excluding hydrogens is 244 g/mol. The molecule has 2 aromatic rings. The second-order valence-corrected chi connectivity index (χ2v) is 5.78. The van der Waals surface area contributed by atoms with Gasteiger partial charge in [0.25, 0.3) is 0 Å². The number of hydrogen-bond acceptors (Lipinski definition) is 4. The molecule has 1 aromatic heterocycles. The molecule has 0 saturated carbocycles. The van der Waals surface area contributed by atoms with Crippen LogP contribution < -0.4 is 11.3 Å². The van der Waals surface area contributed by atoms with E-state index in [4.69, 9.17) is 10.6 Å². The van der Waals surface area contributed by atoms with Gasteiger partial charge in [-0.05, 0) is 35.7 Å². The van der Waals surface area contributed by atoms with Crippen molar-refractivity contribution in [2.75, 3.05) is 6.61 Å². The molecule has 1 fully saturated rings. The van der Waals surface area contributed by atoms with E-state index >= 15 is 0 Å². The van der Waals surface area contributed by atoms with Crippen molar-refractivity contribution in [1.29, 1.82) is 0 Å². The zero-order chi connectivity index (χ0) is 12.5. The molecule has 3 rings (SSSR count). The Balaban J connectivity index is 2.03. The standard InChI is InChI=1S/C14H18N2OS/c1-9-11(5-7-17-9)13(16-15)12-4-2-3-10-6-8-18-14(10)12/h2-4,6,8-9,11,13,16H,5,7,15H2,1H3. The van der Waals surface area contributed by atoms with E-state index in [2.05, 4.69) is 42.0 Å². The molecule has 4 heteroatoms. The Kier molecular flexibility index (Phi) is 3.35. The van der Waals surface area contributed by atoms with E-state index in [1.165, 1.54) is 15.6 Å². The zero-order valence-electron chi connectivity index (χ0n) is 10.4. The number of rotatable bonds is 3. The molecular formula is C14H18N2OS. The third-order valence-corrected chi connectivity index (χ3v) is 4.87. The molecule has 1 aliphatic rings. The average Bonchev–Trinajstić information content (AvgIpc) is 3.00. The lowest BCUT2D eigenvalue weighted by atomic mass is 9.88. The van der Waals surface area contributed by atoms with Crippen molar-refractivity contribution in [3.63, 3.8) is 0 Å². The molecule has 3 N–H and O–H groups in total. The average molecular weight is 262 g/mol. The molecule has 0 bridgehead atoms. The van der Waals surface area contributed by atoms with Gasteiger partial charge in [-0.2, -0.15) is 0 Å². The summed E-state index contributed by atoms with van der Waals surface area (Å²) in [7, 11) is 0. The minimum atomic E-state index is 0.171. The van der Waals surface area contributed by atoms with Crippen LogP contribution in [0.2, 0.25) is 0 Å². The van der Waals surface area contributed by atoms with Crippen molar-refractivity contribution >= 4 is 21.4 Å². The third kappa shape index (κ3) is 1.95. The highest BCUT2D eigenvalue weighted by atomic mass is 32.1. The number of hydrogen-bond donors (Lipinski definition) is 2. The van der Waals surface area contributed by atoms with Gasteiger partial charge in [0.1, 0.15) is 0 Å². The predicted molar refractivity (Wildman–Crippen MR) is 75.4 cm³/mol.